The summed E-state index contributed by atoms with van der Waals surface area (Å²) < 4.78 is 45.9. The molecule has 3 aromatic heterocycles. The second kappa shape index (κ2) is 7.53. The highest BCUT2D eigenvalue weighted by atomic mass is 32.2. The topological polar surface area (TPSA) is 101 Å². The van der Waals surface area contributed by atoms with E-state index in [4.69, 9.17) is 4.52 Å². The second-order valence-corrected chi connectivity index (χ2v) is 8.71. The van der Waals surface area contributed by atoms with E-state index in [9.17, 15) is 12.8 Å². The largest absolute Gasteiger partial charge is 0.360 e. The molecule has 0 aliphatic carbocycles. The van der Waals surface area contributed by atoms with Gasteiger partial charge in [0.05, 0.1) is 29.8 Å². The summed E-state index contributed by atoms with van der Waals surface area (Å²) in [5, 5.41) is 6.81. The number of nitrogens with one attached hydrogen (secondary N) is 1. The Hall–Kier alpha value is -2.85. The molecule has 1 fully saturated rings. The fourth-order valence-electron chi connectivity index (χ4n) is 3.56. The highest BCUT2D eigenvalue weighted by molar-refractivity contribution is 7.89. The van der Waals surface area contributed by atoms with Crippen LogP contribution in [0.25, 0.3) is 0 Å². The average Bonchev–Trinajstić information content (AvgIpc) is 3.32. The number of nitrogens with zero attached hydrogens (tertiary/aromatic N) is 4. The Labute approximate surface area is 167 Å². The summed E-state index contributed by atoms with van der Waals surface area (Å²) in [6.07, 6.45) is 4.16. The first kappa shape index (κ1) is 19.5. The van der Waals surface area contributed by atoms with Gasteiger partial charge < -0.3 is 9.84 Å². The fraction of sp³-hybridized carbons (Fsp3) is 0.316. The van der Waals surface area contributed by atoms with Crippen LogP contribution in [0.2, 0.25) is 0 Å². The van der Waals surface area contributed by atoms with E-state index in [1.54, 1.807) is 32.2 Å². The predicted octanol–water partition coefficient (Wildman–Crippen LogP) is 3.49. The van der Waals surface area contributed by atoms with Crippen molar-refractivity contribution in [1.82, 2.24) is 19.4 Å². The molecule has 3 aromatic rings. The van der Waals surface area contributed by atoms with Gasteiger partial charge in [0.15, 0.2) is 5.76 Å². The van der Waals surface area contributed by atoms with Gasteiger partial charge in [0, 0.05) is 6.54 Å². The smallest absolute Gasteiger partial charge is 0.249 e. The molecule has 0 aromatic carbocycles. The van der Waals surface area contributed by atoms with Crippen LogP contribution >= 0.6 is 0 Å². The number of aromatic nitrogens is 3. The Balaban J connectivity index is 1.57. The molecule has 1 saturated heterocycles. The van der Waals surface area contributed by atoms with Crippen molar-refractivity contribution < 1.29 is 17.3 Å². The number of anilines is 2. The quantitative estimate of drug-likeness (QED) is 0.678. The van der Waals surface area contributed by atoms with Crippen LogP contribution in [0.3, 0.4) is 0 Å². The van der Waals surface area contributed by atoms with Gasteiger partial charge in [-0.25, -0.2) is 17.8 Å². The van der Waals surface area contributed by atoms with Crippen molar-refractivity contribution in [3.8, 4) is 0 Å². The molecule has 29 heavy (non-hydrogen) atoms. The van der Waals surface area contributed by atoms with Crippen molar-refractivity contribution in [3.63, 3.8) is 0 Å². The highest BCUT2D eigenvalue weighted by Gasteiger charge is 2.39. The third-order valence-corrected chi connectivity index (χ3v) is 7.02. The van der Waals surface area contributed by atoms with Gasteiger partial charge in [0.2, 0.25) is 10.0 Å². The first-order chi connectivity index (χ1) is 13.9. The number of halogens is 1. The summed E-state index contributed by atoms with van der Waals surface area (Å²) in [7, 11) is -3.74. The molecule has 0 amide bonds. The lowest BCUT2D eigenvalue weighted by Crippen LogP contribution is -2.31. The SMILES string of the molecule is Cc1noc(C)c1S(=O)(=O)N1CCC[C@@H]1c1ccc(Nc2ccc(F)cn2)cn1. The van der Waals surface area contributed by atoms with E-state index in [-0.39, 0.29) is 16.7 Å². The maximum atomic E-state index is 13.2. The number of aryl methyl sites for hydroxylation is 2. The Morgan fingerprint density at radius 1 is 1.17 bits per heavy atom. The molecule has 0 bridgehead atoms. The Bertz CT molecular complexity index is 1090. The van der Waals surface area contributed by atoms with E-state index in [1.807, 2.05) is 0 Å². The van der Waals surface area contributed by atoms with Gasteiger partial charge in [-0.3, -0.25) is 4.98 Å². The van der Waals surface area contributed by atoms with Crippen molar-refractivity contribution in [3.05, 3.63) is 59.6 Å². The van der Waals surface area contributed by atoms with Gasteiger partial charge in [-0.15, -0.1) is 0 Å². The average molecular weight is 417 g/mol. The second-order valence-electron chi connectivity index (χ2n) is 6.89. The summed E-state index contributed by atoms with van der Waals surface area (Å²) in [6, 6.07) is 6.07. The van der Waals surface area contributed by atoms with Crippen LogP contribution in [0.1, 0.15) is 36.0 Å². The fourth-order valence-corrected chi connectivity index (χ4v) is 5.52. The van der Waals surface area contributed by atoms with E-state index in [1.165, 1.54) is 16.4 Å². The maximum absolute atomic E-state index is 13.2. The van der Waals surface area contributed by atoms with E-state index in [0.717, 1.165) is 12.6 Å². The van der Waals surface area contributed by atoms with E-state index in [0.29, 0.717) is 35.9 Å². The number of rotatable bonds is 5. The predicted molar refractivity (Wildman–Crippen MR) is 104 cm³/mol. The third kappa shape index (κ3) is 3.73. The van der Waals surface area contributed by atoms with Gasteiger partial charge in [0.1, 0.15) is 22.2 Å². The van der Waals surface area contributed by atoms with Crippen molar-refractivity contribution >= 4 is 21.5 Å². The lowest BCUT2D eigenvalue weighted by Gasteiger charge is -2.23. The van der Waals surface area contributed by atoms with Gasteiger partial charge >= 0.3 is 0 Å². The molecule has 8 nitrogen and oxygen atoms in total. The Morgan fingerprint density at radius 2 is 2.00 bits per heavy atom. The minimum atomic E-state index is -3.74. The number of hydrogen-bond acceptors (Lipinski definition) is 7. The minimum absolute atomic E-state index is 0.130. The first-order valence-electron chi connectivity index (χ1n) is 9.15. The minimum Gasteiger partial charge on any atom is -0.360 e. The summed E-state index contributed by atoms with van der Waals surface area (Å²) in [6.45, 7) is 3.63. The maximum Gasteiger partial charge on any atom is 0.249 e. The Morgan fingerprint density at radius 3 is 2.62 bits per heavy atom. The van der Waals surface area contributed by atoms with Crippen molar-refractivity contribution in [2.75, 3.05) is 11.9 Å². The van der Waals surface area contributed by atoms with Gasteiger partial charge in [-0.05, 0) is 51.0 Å². The molecule has 1 aliphatic rings. The molecule has 0 saturated carbocycles. The van der Waals surface area contributed by atoms with Crippen LogP contribution in [-0.4, -0.2) is 34.4 Å². The molecular weight excluding hydrogens is 397 g/mol. The zero-order valence-corrected chi connectivity index (χ0v) is 16.8. The molecule has 1 atom stereocenters. The van der Waals surface area contributed by atoms with Crippen LogP contribution in [0, 0.1) is 19.7 Å². The third-order valence-electron chi connectivity index (χ3n) is 4.87. The van der Waals surface area contributed by atoms with E-state index in [2.05, 4.69) is 20.4 Å². The highest BCUT2D eigenvalue weighted by Crippen LogP contribution is 2.37. The summed E-state index contributed by atoms with van der Waals surface area (Å²) >= 11 is 0. The molecule has 4 rings (SSSR count). The number of pyridine rings is 2. The van der Waals surface area contributed by atoms with Crippen LogP contribution in [0.5, 0.6) is 0 Å². The lowest BCUT2D eigenvalue weighted by atomic mass is 10.1. The molecular formula is C19H20FN5O3S. The molecule has 1 aliphatic heterocycles. The first-order valence-corrected chi connectivity index (χ1v) is 10.6. The van der Waals surface area contributed by atoms with Crippen LogP contribution in [0.15, 0.2) is 46.1 Å². The normalized spacial score (nSPS) is 17.6. The molecule has 152 valence electrons. The zero-order chi connectivity index (χ0) is 20.6. The number of hydrogen-bond donors (Lipinski definition) is 1. The monoisotopic (exact) mass is 417 g/mol. The van der Waals surface area contributed by atoms with Crippen molar-refractivity contribution in [1.29, 1.82) is 0 Å². The van der Waals surface area contributed by atoms with Gasteiger partial charge in [-0.2, -0.15) is 4.31 Å². The van der Waals surface area contributed by atoms with Crippen molar-refractivity contribution in [2.45, 2.75) is 37.6 Å². The van der Waals surface area contributed by atoms with Crippen LogP contribution < -0.4 is 5.32 Å². The molecule has 1 N–H and O–H groups in total. The van der Waals surface area contributed by atoms with Crippen LogP contribution in [-0.2, 0) is 10.0 Å². The van der Waals surface area contributed by atoms with E-state index >= 15 is 0 Å². The summed E-state index contributed by atoms with van der Waals surface area (Å²) in [4.78, 5) is 8.53. The zero-order valence-electron chi connectivity index (χ0n) is 16.0. The molecule has 0 spiro atoms. The van der Waals surface area contributed by atoms with E-state index < -0.39 is 15.8 Å². The van der Waals surface area contributed by atoms with Gasteiger partial charge in [-0.1, -0.05) is 5.16 Å². The molecule has 0 radical (unpaired) electrons. The lowest BCUT2D eigenvalue weighted by molar-refractivity contribution is 0.381. The number of sulfonamides is 1. The van der Waals surface area contributed by atoms with Gasteiger partial charge in [0.25, 0.3) is 0 Å². The standard InChI is InChI=1S/C19H20FN5O3S/c1-12-19(13(2)28-24-12)29(26,27)25-9-3-4-17(25)16-7-6-15(11-21-16)23-18-8-5-14(20)10-22-18/h5-8,10-11,17H,3-4,9H2,1-2H3,(H,22,23)/t17-/m1/s1. The summed E-state index contributed by atoms with van der Waals surface area (Å²) in [5.74, 6) is 0.363. The van der Waals surface area contributed by atoms with Crippen molar-refractivity contribution in [2.24, 2.45) is 0 Å². The molecule has 10 heteroatoms. The molecule has 4 heterocycles. The Kier molecular flexibility index (Phi) is 5.05. The summed E-state index contributed by atoms with van der Waals surface area (Å²) in [5.41, 5.74) is 1.69. The van der Waals surface area contributed by atoms with Crippen LogP contribution in [0.4, 0.5) is 15.9 Å². The molecule has 0 unspecified atom stereocenters.